The second-order valence-corrected chi connectivity index (χ2v) is 3.43. The van der Waals surface area contributed by atoms with Gasteiger partial charge in [0.2, 0.25) is 5.91 Å². The molecule has 0 aliphatic rings. The molecule has 1 amide bonds. The van der Waals surface area contributed by atoms with Crippen molar-refractivity contribution in [3.63, 3.8) is 0 Å². The minimum atomic E-state index is -0.0657. The Hall–Kier alpha value is -1.42. The summed E-state index contributed by atoms with van der Waals surface area (Å²) < 4.78 is 0. The molecule has 0 unspecified atom stereocenters. The molecule has 0 radical (unpaired) electrons. The van der Waals surface area contributed by atoms with Gasteiger partial charge in [0, 0.05) is 0 Å². The van der Waals surface area contributed by atoms with Gasteiger partial charge in [-0.15, -0.1) is 0 Å². The molecule has 0 aliphatic carbocycles. The van der Waals surface area contributed by atoms with Crippen molar-refractivity contribution in [2.24, 2.45) is 5.73 Å². The summed E-state index contributed by atoms with van der Waals surface area (Å²) in [6.45, 7) is 0.265. The molecule has 14 heavy (non-hydrogen) atoms. The van der Waals surface area contributed by atoms with Crippen LogP contribution in [0.4, 0.5) is 0 Å². The summed E-state index contributed by atoms with van der Waals surface area (Å²) in [6, 6.07) is 9.52. The molecule has 0 spiro atoms. The SMILES string of the molecule is NC(=S)CNC(=O)Cc1ccccc1. The molecule has 0 fully saturated rings. The van der Waals surface area contributed by atoms with Crippen LogP contribution in [0.1, 0.15) is 5.56 Å². The lowest BCUT2D eigenvalue weighted by atomic mass is 10.1. The molecule has 0 saturated heterocycles. The zero-order chi connectivity index (χ0) is 10.4. The largest absolute Gasteiger partial charge is 0.392 e. The number of benzene rings is 1. The van der Waals surface area contributed by atoms with Gasteiger partial charge in [-0.1, -0.05) is 42.5 Å². The Morgan fingerprint density at radius 2 is 2.00 bits per heavy atom. The first-order valence-electron chi connectivity index (χ1n) is 4.27. The molecule has 0 heterocycles. The van der Waals surface area contributed by atoms with E-state index in [0.717, 1.165) is 5.56 Å². The maximum atomic E-state index is 11.3. The molecule has 3 nitrogen and oxygen atoms in total. The van der Waals surface area contributed by atoms with Crippen LogP contribution < -0.4 is 11.1 Å². The lowest BCUT2D eigenvalue weighted by molar-refractivity contribution is -0.120. The number of hydrogen-bond donors (Lipinski definition) is 2. The summed E-state index contributed by atoms with van der Waals surface area (Å²) in [6.07, 6.45) is 0.365. The van der Waals surface area contributed by atoms with E-state index in [2.05, 4.69) is 17.5 Å². The van der Waals surface area contributed by atoms with E-state index in [9.17, 15) is 4.79 Å². The zero-order valence-corrected chi connectivity index (χ0v) is 8.51. The van der Waals surface area contributed by atoms with Crippen molar-refractivity contribution >= 4 is 23.1 Å². The topological polar surface area (TPSA) is 55.1 Å². The van der Waals surface area contributed by atoms with E-state index in [4.69, 9.17) is 5.73 Å². The van der Waals surface area contributed by atoms with Gasteiger partial charge in [0.15, 0.2) is 0 Å². The average molecular weight is 208 g/mol. The second kappa shape index (κ2) is 5.34. The Kier molecular flexibility index (Phi) is 4.07. The van der Waals surface area contributed by atoms with E-state index in [-0.39, 0.29) is 12.5 Å². The lowest BCUT2D eigenvalue weighted by Crippen LogP contribution is -2.33. The fourth-order valence-electron chi connectivity index (χ4n) is 1.03. The van der Waals surface area contributed by atoms with Crippen molar-refractivity contribution < 1.29 is 4.79 Å². The van der Waals surface area contributed by atoms with Gasteiger partial charge in [0.05, 0.1) is 18.0 Å². The predicted molar refractivity (Wildman–Crippen MR) is 59.9 cm³/mol. The quantitative estimate of drug-likeness (QED) is 0.714. The monoisotopic (exact) mass is 208 g/mol. The molecule has 1 aromatic rings. The van der Waals surface area contributed by atoms with E-state index in [1.54, 1.807) is 0 Å². The maximum Gasteiger partial charge on any atom is 0.224 e. The molecule has 74 valence electrons. The minimum Gasteiger partial charge on any atom is -0.392 e. The van der Waals surface area contributed by atoms with Crippen molar-refractivity contribution in [2.75, 3.05) is 6.54 Å². The number of thiocarbonyl (C=S) groups is 1. The van der Waals surface area contributed by atoms with Crippen LogP contribution in [0.15, 0.2) is 30.3 Å². The van der Waals surface area contributed by atoms with Crippen LogP contribution in [0.25, 0.3) is 0 Å². The lowest BCUT2D eigenvalue weighted by Gasteiger charge is -2.03. The molecule has 0 aliphatic heterocycles. The van der Waals surface area contributed by atoms with Crippen molar-refractivity contribution in [1.29, 1.82) is 0 Å². The number of amides is 1. The van der Waals surface area contributed by atoms with Crippen molar-refractivity contribution in [3.05, 3.63) is 35.9 Å². The molecular formula is C10H12N2OS. The molecule has 0 saturated carbocycles. The zero-order valence-electron chi connectivity index (χ0n) is 7.69. The summed E-state index contributed by atoms with van der Waals surface area (Å²) in [5.41, 5.74) is 6.23. The number of nitrogens with one attached hydrogen (secondary N) is 1. The van der Waals surface area contributed by atoms with Gasteiger partial charge in [0.25, 0.3) is 0 Å². The average Bonchev–Trinajstić information content (AvgIpc) is 2.16. The highest BCUT2D eigenvalue weighted by molar-refractivity contribution is 7.80. The summed E-state index contributed by atoms with van der Waals surface area (Å²) >= 11 is 4.64. The molecule has 4 heteroatoms. The van der Waals surface area contributed by atoms with Gasteiger partial charge in [-0.3, -0.25) is 4.79 Å². The maximum absolute atomic E-state index is 11.3. The van der Waals surface area contributed by atoms with Gasteiger partial charge in [-0.25, -0.2) is 0 Å². The summed E-state index contributed by atoms with van der Waals surface area (Å²) in [4.78, 5) is 11.6. The molecule has 3 N–H and O–H groups in total. The number of carbonyl (C=O) groups is 1. The number of hydrogen-bond acceptors (Lipinski definition) is 2. The molecule has 0 bridgehead atoms. The van der Waals surface area contributed by atoms with E-state index in [1.807, 2.05) is 30.3 Å². The van der Waals surface area contributed by atoms with Crippen LogP contribution in [-0.2, 0) is 11.2 Å². The minimum absolute atomic E-state index is 0.0657. The van der Waals surface area contributed by atoms with Gasteiger partial charge in [-0.05, 0) is 5.56 Å². The highest BCUT2D eigenvalue weighted by atomic mass is 32.1. The van der Waals surface area contributed by atoms with Crippen molar-refractivity contribution in [3.8, 4) is 0 Å². The smallest absolute Gasteiger partial charge is 0.224 e. The van der Waals surface area contributed by atoms with Gasteiger partial charge < -0.3 is 11.1 Å². The first-order chi connectivity index (χ1) is 6.68. The van der Waals surface area contributed by atoms with E-state index in [1.165, 1.54) is 0 Å². The third-order valence-electron chi connectivity index (χ3n) is 1.67. The Balaban J connectivity index is 2.38. The molecule has 1 rings (SSSR count). The standard InChI is InChI=1S/C10H12N2OS/c11-9(14)7-12-10(13)6-8-4-2-1-3-5-8/h1-5H,6-7H2,(H2,11,14)(H,12,13). The molecule has 0 aromatic heterocycles. The number of nitrogens with two attached hydrogens (primary N) is 1. The van der Waals surface area contributed by atoms with Gasteiger partial charge >= 0.3 is 0 Å². The molecule has 0 atom stereocenters. The Morgan fingerprint density at radius 1 is 1.36 bits per heavy atom. The van der Waals surface area contributed by atoms with Crippen LogP contribution >= 0.6 is 12.2 Å². The molecular weight excluding hydrogens is 196 g/mol. The van der Waals surface area contributed by atoms with Gasteiger partial charge in [0.1, 0.15) is 0 Å². The first-order valence-corrected chi connectivity index (χ1v) is 4.68. The van der Waals surface area contributed by atoms with Crippen LogP contribution in [0.2, 0.25) is 0 Å². The van der Waals surface area contributed by atoms with Crippen molar-refractivity contribution in [1.82, 2.24) is 5.32 Å². The first kappa shape index (κ1) is 10.7. The van der Waals surface area contributed by atoms with E-state index < -0.39 is 0 Å². The van der Waals surface area contributed by atoms with E-state index >= 15 is 0 Å². The second-order valence-electron chi connectivity index (χ2n) is 2.91. The summed E-state index contributed by atoms with van der Waals surface area (Å²) in [5.74, 6) is -0.0657. The predicted octanol–water partition coefficient (Wildman–Crippen LogP) is 0.631. The van der Waals surface area contributed by atoms with Crippen molar-refractivity contribution in [2.45, 2.75) is 6.42 Å². The Bertz CT molecular complexity index is 324. The molecule has 1 aromatic carbocycles. The van der Waals surface area contributed by atoms with Crippen LogP contribution in [-0.4, -0.2) is 17.4 Å². The van der Waals surface area contributed by atoms with Crippen LogP contribution in [0, 0.1) is 0 Å². The van der Waals surface area contributed by atoms with Crippen LogP contribution in [0.5, 0.6) is 0 Å². The third kappa shape index (κ3) is 4.00. The summed E-state index contributed by atoms with van der Waals surface area (Å²) in [5, 5.41) is 2.63. The highest BCUT2D eigenvalue weighted by Crippen LogP contribution is 1.98. The highest BCUT2D eigenvalue weighted by Gasteiger charge is 2.01. The fourth-order valence-corrected chi connectivity index (χ4v) is 1.10. The fraction of sp³-hybridized carbons (Fsp3) is 0.200. The summed E-state index contributed by atoms with van der Waals surface area (Å²) in [7, 11) is 0. The number of rotatable bonds is 4. The van der Waals surface area contributed by atoms with E-state index in [0.29, 0.717) is 11.4 Å². The Labute approximate surface area is 88.3 Å². The Morgan fingerprint density at radius 3 is 2.57 bits per heavy atom. The van der Waals surface area contributed by atoms with Gasteiger partial charge in [-0.2, -0.15) is 0 Å². The van der Waals surface area contributed by atoms with Crippen LogP contribution in [0.3, 0.4) is 0 Å². The number of carbonyl (C=O) groups excluding carboxylic acids is 1. The third-order valence-corrected chi connectivity index (χ3v) is 1.81. The normalized spacial score (nSPS) is 9.43.